The molecule has 2 heterocycles. The number of hydrogen-bond donors (Lipinski definition) is 2. The molecule has 2 amide bonds. The molecule has 1 aliphatic heterocycles. The Bertz CT molecular complexity index is 684. The fraction of sp³-hybridized carbons (Fsp3) is 0.214. The van der Waals surface area contributed by atoms with Gasteiger partial charge in [0.1, 0.15) is 6.04 Å². The Balaban J connectivity index is 1.74. The Morgan fingerprint density at radius 2 is 2.38 bits per heavy atom. The molecule has 3 rings (SSSR count). The molecule has 0 radical (unpaired) electrons. The van der Waals surface area contributed by atoms with E-state index in [1.807, 2.05) is 12.1 Å². The third-order valence-corrected chi connectivity index (χ3v) is 4.25. The van der Waals surface area contributed by atoms with Crippen molar-refractivity contribution in [1.82, 2.24) is 9.78 Å². The summed E-state index contributed by atoms with van der Waals surface area (Å²) < 4.78 is 1.59. The second-order valence-corrected chi connectivity index (χ2v) is 5.72. The van der Waals surface area contributed by atoms with E-state index in [1.54, 1.807) is 36.1 Å². The third kappa shape index (κ3) is 2.92. The van der Waals surface area contributed by atoms with Gasteiger partial charge in [-0.05, 0) is 31.2 Å². The van der Waals surface area contributed by atoms with Gasteiger partial charge in [0.25, 0.3) is 0 Å². The van der Waals surface area contributed by atoms with Crippen LogP contribution in [0.3, 0.4) is 0 Å². The van der Waals surface area contributed by atoms with Crippen molar-refractivity contribution < 1.29 is 9.59 Å². The highest BCUT2D eigenvalue weighted by Crippen LogP contribution is 2.33. The van der Waals surface area contributed by atoms with Crippen molar-refractivity contribution in [2.45, 2.75) is 17.9 Å². The molecule has 7 heteroatoms. The van der Waals surface area contributed by atoms with Crippen molar-refractivity contribution in [2.75, 3.05) is 16.4 Å². The molecule has 0 saturated heterocycles. The summed E-state index contributed by atoms with van der Waals surface area (Å²) in [6.07, 6.45) is 3.38. The van der Waals surface area contributed by atoms with Crippen molar-refractivity contribution in [1.29, 1.82) is 0 Å². The summed E-state index contributed by atoms with van der Waals surface area (Å²) in [5, 5.41) is 9.69. The fourth-order valence-electron chi connectivity index (χ4n) is 2.04. The number of rotatable bonds is 3. The zero-order valence-corrected chi connectivity index (χ0v) is 12.2. The monoisotopic (exact) mass is 302 g/mol. The van der Waals surface area contributed by atoms with Gasteiger partial charge in [-0.3, -0.25) is 14.3 Å². The van der Waals surface area contributed by atoms with E-state index in [4.69, 9.17) is 0 Å². The van der Waals surface area contributed by atoms with Crippen molar-refractivity contribution in [3.05, 3.63) is 36.7 Å². The lowest BCUT2D eigenvalue weighted by Crippen LogP contribution is -2.24. The molecule has 108 valence electrons. The first-order valence-electron chi connectivity index (χ1n) is 6.50. The maximum atomic E-state index is 12.2. The molecule has 1 aromatic heterocycles. The standard InChI is InChI=1S/C14H14N4O2S/c1-9(18-6-2-5-15-18)14(20)16-10-3-4-12-11(7-10)17-13(19)8-21-12/h2-7,9H,8H2,1H3,(H,16,20)(H,17,19). The highest BCUT2D eigenvalue weighted by atomic mass is 32.2. The third-order valence-electron chi connectivity index (χ3n) is 3.18. The summed E-state index contributed by atoms with van der Waals surface area (Å²) >= 11 is 1.49. The number of carbonyl (C=O) groups is 2. The molecule has 1 unspecified atom stereocenters. The van der Waals surface area contributed by atoms with Crippen LogP contribution in [-0.2, 0) is 9.59 Å². The number of nitrogens with one attached hydrogen (secondary N) is 2. The van der Waals surface area contributed by atoms with Crippen LogP contribution in [0.5, 0.6) is 0 Å². The second-order valence-electron chi connectivity index (χ2n) is 4.70. The summed E-state index contributed by atoms with van der Waals surface area (Å²) in [5.41, 5.74) is 1.39. The second kappa shape index (κ2) is 5.61. The lowest BCUT2D eigenvalue weighted by Gasteiger charge is -2.18. The van der Waals surface area contributed by atoms with E-state index in [0.717, 1.165) is 10.6 Å². The molecule has 0 spiro atoms. The van der Waals surface area contributed by atoms with Crippen LogP contribution in [0.25, 0.3) is 0 Å². The molecule has 1 aromatic carbocycles. The van der Waals surface area contributed by atoms with E-state index >= 15 is 0 Å². The van der Waals surface area contributed by atoms with Crippen molar-refractivity contribution in [2.24, 2.45) is 0 Å². The minimum atomic E-state index is -0.403. The first-order valence-corrected chi connectivity index (χ1v) is 7.49. The number of anilines is 2. The fourth-order valence-corrected chi connectivity index (χ4v) is 2.83. The van der Waals surface area contributed by atoms with Gasteiger partial charge >= 0.3 is 0 Å². The Morgan fingerprint density at radius 3 is 3.14 bits per heavy atom. The number of amides is 2. The highest BCUT2D eigenvalue weighted by molar-refractivity contribution is 8.00. The van der Waals surface area contributed by atoms with Crippen LogP contribution < -0.4 is 10.6 Å². The predicted octanol–water partition coefficient (Wildman–Crippen LogP) is 2.13. The summed E-state index contributed by atoms with van der Waals surface area (Å²) in [5.74, 6) is 0.240. The number of aromatic nitrogens is 2. The van der Waals surface area contributed by atoms with Crippen molar-refractivity contribution in [3.63, 3.8) is 0 Å². The van der Waals surface area contributed by atoms with E-state index in [0.29, 0.717) is 11.4 Å². The summed E-state index contributed by atoms with van der Waals surface area (Å²) in [4.78, 5) is 24.6. The van der Waals surface area contributed by atoms with Crippen LogP contribution in [0.2, 0.25) is 0 Å². The Labute approximate surface area is 125 Å². The van der Waals surface area contributed by atoms with Crippen molar-refractivity contribution >= 4 is 35.0 Å². The van der Waals surface area contributed by atoms with Gasteiger partial charge in [-0.15, -0.1) is 11.8 Å². The van der Waals surface area contributed by atoms with Gasteiger partial charge in [0, 0.05) is 23.0 Å². The van der Waals surface area contributed by atoms with Gasteiger partial charge in [-0.2, -0.15) is 5.10 Å². The molecule has 0 saturated carbocycles. The smallest absolute Gasteiger partial charge is 0.248 e. The van der Waals surface area contributed by atoms with Gasteiger partial charge in [-0.1, -0.05) is 0 Å². The molecular formula is C14H14N4O2S. The summed E-state index contributed by atoms with van der Waals surface area (Å²) in [6.45, 7) is 1.78. The summed E-state index contributed by atoms with van der Waals surface area (Å²) in [7, 11) is 0. The lowest BCUT2D eigenvalue weighted by atomic mass is 10.2. The molecule has 1 atom stereocenters. The number of fused-ring (bicyclic) bond motifs is 1. The molecule has 0 aliphatic carbocycles. The average molecular weight is 302 g/mol. The molecular weight excluding hydrogens is 288 g/mol. The molecule has 2 N–H and O–H groups in total. The highest BCUT2D eigenvalue weighted by Gasteiger charge is 2.18. The normalized spacial score (nSPS) is 15.0. The maximum absolute atomic E-state index is 12.2. The zero-order valence-electron chi connectivity index (χ0n) is 11.4. The quantitative estimate of drug-likeness (QED) is 0.910. The zero-order chi connectivity index (χ0) is 14.8. The Morgan fingerprint density at radius 1 is 1.52 bits per heavy atom. The van der Waals surface area contributed by atoms with Crippen LogP contribution in [0, 0.1) is 0 Å². The minimum absolute atomic E-state index is 0.0270. The number of thioether (sulfide) groups is 1. The van der Waals surface area contributed by atoms with E-state index in [1.165, 1.54) is 11.8 Å². The number of hydrogen-bond acceptors (Lipinski definition) is 4. The van der Waals surface area contributed by atoms with Crippen LogP contribution in [0.15, 0.2) is 41.6 Å². The number of nitrogens with zero attached hydrogens (tertiary/aromatic N) is 2. The van der Waals surface area contributed by atoms with Crippen LogP contribution >= 0.6 is 11.8 Å². The largest absolute Gasteiger partial charge is 0.324 e. The van der Waals surface area contributed by atoms with Crippen molar-refractivity contribution in [3.8, 4) is 0 Å². The summed E-state index contributed by atoms with van der Waals surface area (Å²) in [6, 6.07) is 6.87. The first kappa shape index (κ1) is 13.7. The Kier molecular flexibility index (Phi) is 3.66. The SMILES string of the molecule is CC(C(=O)Nc1ccc2c(c1)NC(=O)CS2)n1cccn1. The molecule has 0 fully saturated rings. The number of benzene rings is 1. The van der Waals surface area contributed by atoms with E-state index in [9.17, 15) is 9.59 Å². The van der Waals surface area contributed by atoms with Crippen LogP contribution in [0.4, 0.5) is 11.4 Å². The van der Waals surface area contributed by atoms with E-state index in [-0.39, 0.29) is 11.8 Å². The van der Waals surface area contributed by atoms with Gasteiger partial charge < -0.3 is 10.6 Å². The van der Waals surface area contributed by atoms with E-state index < -0.39 is 6.04 Å². The molecule has 0 bridgehead atoms. The predicted molar refractivity (Wildman–Crippen MR) is 81.4 cm³/mol. The van der Waals surface area contributed by atoms with Crippen LogP contribution in [-0.4, -0.2) is 27.3 Å². The molecule has 21 heavy (non-hydrogen) atoms. The minimum Gasteiger partial charge on any atom is -0.324 e. The van der Waals surface area contributed by atoms with Gasteiger partial charge in [-0.25, -0.2) is 0 Å². The number of carbonyl (C=O) groups excluding carboxylic acids is 2. The molecule has 6 nitrogen and oxygen atoms in total. The van der Waals surface area contributed by atoms with Gasteiger partial charge in [0.05, 0.1) is 11.4 Å². The average Bonchev–Trinajstić information content (AvgIpc) is 3.00. The van der Waals surface area contributed by atoms with Gasteiger partial charge in [0.15, 0.2) is 0 Å². The Hall–Kier alpha value is -2.28. The van der Waals surface area contributed by atoms with Gasteiger partial charge in [0.2, 0.25) is 11.8 Å². The van der Waals surface area contributed by atoms with E-state index in [2.05, 4.69) is 15.7 Å². The topological polar surface area (TPSA) is 76.0 Å². The lowest BCUT2D eigenvalue weighted by molar-refractivity contribution is -0.119. The maximum Gasteiger partial charge on any atom is 0.248 e. The first-order chi connectivity index (χ1) is 10.1. The molecule has 2 aromatic rings. The van der Waals surface area contributed by atoms with Crippen LogP contribution in [0.1, 0.15) is 13.0 Å². The molecule has 1 aliphatic rings.